The number of nitrogens with zero attached hydrogens (tertiary/aromatic N) is 2. The molecule has 7 heteroatoms. The fourth-order valence-electron chi connectivity index (χ4n) is 4.41. The lowest BCUT2D eigenvalue weighted by Crippen LogP contribution is -2.48. The maximum absolute atomic E-state index is 13.5. The molecular weight excluding hydrogens is 382 g/mol. The van der Waals surface area contributed by atoms with E-state index in [0.29, 0.717) is 18.8 Å². The third-order valence-electron chi connectivity index (χ3n) is 5.91. The summed E-state index contributed by atoms with van der Waals surface area (Å²) in [6, 6.07) is 5.52. The van der Waals surface area contributed by atoms with E-state index < -0.39 is 0 Å². The molecule has 2 saturated heterocycles. The third kappa shape index (κ3) is 4.99. The van der Waals surface area contributed by atoms with Crippen LogP contribution >= 0.6 is 0 Å². The van der Waals surface area contributed by atoms with Crippen LogP contribution in [0.4, 0.5) is 4.79 Å². The van der Waals surface area contributed by atoms with Crippen molar-refractivity contribution in [3.63, 3.8) is 0 Å². The maximum atomic E-state index is 13.5. The Balaban J connectivity index is 1.92. The fraction of sp³-hybridized carbons (Fsp3) is 0.652. The molecule has 2 aliphatic heterocycles. The zero-order valence-corrected chi connectivity index (χ0v) is 18.9. The van der Waals surface area contributed by atoms with Crippen molar-refractivity contribution in [2.45, 2.75) is 51.5 Å². The van der Waals surface area contributed by atoms with E-state index in [0.717, 1.165) is 37.2 Å². The van der Waals surface area contributed by atoms with Crippen LogP contribution in [-0.2, 0) is 4.79 Å². The minimum absolute atomic E-state index is 0.135. The number of methoxy groups -OCH3 is 2. The van der Waals surface area contributed by atoms with Gasteiger partial charge < -0.3 is 24.6 Å². The number of hydrogen-bond acceptors (Lipinski definition) is 4. The Morgan fingerprint density at radius 2 is 1.70 bits per heavy atom. The predicted molar refractivity (Wildman–Crippen MR) is 116 cm³/mol. The molecule has 0 unspecified atom stereocenters. The molecule has 0 spiro atoms. The van der Waals surface area contributed by atoms with Crippen molar-refractivity contribution < 1.29 is 19.1 Å². The monoisotopic (exact) mass is 417 g/mol. The van der Waals surface area contributed by atoms with Gasteiger partial charge in [-0.1, -0.05) is 0 Å². The number of urea groups is 1. The van der Waals surface area contributed by atoms with E-state index in [1.54, 1.807) is 19.1 Å². The lowest BCUT2D eigenvalue weighted by Gasteiger charge is -2.31. The number of benzene rings is 1. The zero-order valence-electron chi connectivity index (χ0n) is 18.9. The number of carbonyl (C=O) groups excluding carboxylic acids is 2. The Hall–Kier alpha value is -2.44. The van der Waals surface area contributed by atoms with Gasteiger partial charge in [-0.3, -0.25) is 4.79 Å². The minimum atomic E-state index is -0.338. The standard InChI is InChI=1S/C23H35N3O4/c1-23(2,3)24-22(28)26-14-18(17-13-16(29-4)9-10-20(17)30-5)19(15-26)21(27)25-11-7-6-8-12-25/h9-10,13,18-19H,6-8,11-12,14-15H2,1-5H3,(H,24,28)/t18-,19+/m0/s1. The smallest absolute Gasteiger partial charge is 0.317 e. The number of nitrogens with one attached hydrogen (secondary N) is 1. The second-order valence-corrected chi connectivity index (χ2v) is 9.29. The van der Waals surface area contributed by atoms with Crippen molar-refractivity contribution in [1.82, 2.24) is 15.1 Å². The summed E-state index contributed by atoms with van der Waals surface area (Å²) in [4.78, 5) is 30.1. The highest BCUT2D eigenvalue weighted by Gasteiger charge is 2.43. The molecule has 1 aromatic rings. The van der Waals surface area contributed by atoms with Crippen molar-refractivity contribution in [2.24, 2.45) is 5.92 Å². The summed E-state index contributed by atoms with van der Waals surface area (Å²) in [5, 5.41) is 3.03. The van der Waals surface area contributed by atoms with Gasteiger partial charge in [0.1, 0.15) is 11.5 Å². The van der Waals surface area contributed by atoms with E-state index in [1.807, 2.05) is 43.9 Å². The summed E-state index contributed by atoms with van der Waals surface area (Å²) < 4.78 is 11.0. The van der Waals surface area contributed by atoms with Crippen LogP contribution in [0.15, 0.2) is 18.2 Å². The van der Waals surface area contributed by atoms with Crippen molar-refractivity contribution in [3.05, 3.63) is 23.8 Å². The van der Waals surface area contributed by atoms with Crippen LogP contribution in [0.3, 0.4) is 0 Å². The Morgan fingerprint density at radius 3 is 2.30 bits per heavy atom. The van der Waals surface area contributed by atoms with E-state index in [9.17, 15) is 9.59 Å². The molecule has 0 radical (unpaired) electrons. The van der Waals surface area contributed by atoms with Crippen LogP contribution in [0.25, 0.3) is 0 Å². The van der Waals surface area contributed by atoms with E-state index >= 15 is 0 Å². The topological polar surface area (TPSA) is 71.1 Å². The van der Waals surface area contributed by atoms with Gasteiger partial charge in [-0.15, -0.1) is 0 Å². The zero-order chi connectivity index (χ0) is 21.9. The number of rotatable bonds is 4. The Kier molecular flexibility index (Phi) is 6.78. The van der Waals surface area contributed by atoms with Crippen LogP contribution in [0, 0.1) is 5.92 Å². The quantitative estimate of drug-likeness (QED) is 0.816. The van der Waals surface area contributed by atoms with Crippen LogP contribution in [0.5, 0.6) is 11.5 Å². The average molecular weight is 418 g/mol. The number of ether oxygens (including phenoxy) is 2. The molecule has 2 heterocycles. The first kappa shape index (κ1) is 22.2. The molecular formula is C23H35N3O4. The van der Waals surface area contributed by atoms with Crippen LogP contribution in [-0.4, -0.2) is 67.7 Å². The summed E-state index contributed by atoms with van der Waals surface area (Å²) in [7, 11) is 3.26. The molecule has 2 aliphatic rings. The number of piperidine rings is 1. The van der Waals surface area contributed by atoms with Gasteiger partial charge in [-0.25, -0.2) is 4.79 Å². The lowest BCUT2D eigenvalue weighted by molar-refractivity contribution is -0.136. The van der Waals surface area contributed by atoms with Gasteiger partial charge in [-0.2, -0.15) is 0 Å². The van der Waals surface area contributed by atoms with Crippen LogP contribution < -0.4 is 14.8 Å². The summed E-state index contributed by atoms with van der Waals surface area (Å²) in [5.41, 5.74) is 0.577. The molecule has 166 valence electrons. The highest BCUT2D eigenvalue weighted by Crippen LogP contribution is 2.40. The van der Waals surface area contributed by atoms with Gasteiger partial charge in [0.25, 0.3) is 0 Å². The molecule has 1 N–H and O–H groups in total. The number of hydrogen-bond donors (Lipinski definition) is 1. The van der Waals surface area contributed by atoms with Crippen LogP contribution in [0.1, 0.15) is 51.5 Å². The summed E-state index contributed by atoms with van der Waals surface area (Å²) in [5.74, 6) is 1.13. The molecule has 0 aliphatic carbocycles. The molecule has 0 bridgehead atoms. The van der Waals surface area contributed by atoms with Crippen molar-refractivity contribution in [1.29, 1.82) is 0 Å². The number of carbonyl (C=O) groups is 2. The second-order valence-electron chi connectivity index (χ2n) is 9.29. The summed E-state index contributed by atoms with van der Waals surface area (Å²) in [6.45, 7) is 8.34. The van der Waals surface area contributed by atoms with Gasteiger partial charge in [-0.05, 0) is 58.2 Å². The largest absolute Gasteiger partial charge is 0.497 e. The molecule has 30 heavy (non-hydrogen) atoms. The van der Waals surface area contributed by atoms with Crippen molar-refractivity contribution in [2.75, 3.05) is 40.4 Å². The molecule has 1 aromatic carbocycles. The van der Waals surface area contributed by atoms with Crippen LogP contribution in [0.2, 0.25) is 0 Å². The Labute approximate surface area is 179 Å². The van der Waals surface area contributed by atoms with E-state index in [4.69, 9.17) is 9.47 Å². The SMILES string of the molecule is COc1ccc(OC)c([C@@H]2CN(C(=O)NC(C)(C)C)C[C@H]2C(=O)N2CCCCC2)c1. The van der Waals surface area contributed by atoms with Gasteiger partial charge in [0.15, 0.2) is 0 Å². The highest BCUT2D eigenvalue weighted by atomic mass is 16.5. The van der Waals surface area contributed by atoms with Crippen molar-refractivity contribution >= 4 is 11.9 Å². The molecule has 0 aromatic heterocycles. The Bertz CT molecular complexity index is 768. The summed E-state index contributed by atoms with van der Waals surface area (Å²) >= 11 is 0. The fourth-order valence-corrected chi connectivity index (χ4v) is 4.41. The highest BCUT2D eigenvalue weighted by molar-refractivity contribution is 5.83. The lowest BCUT2D eigenvalue weighted by atomic mass is 9.86. The normalized spacial score (nSPS) is 22.0. The number of amides is 3. The minimum Gasteiger partial charge on any atom is -0.497 e. The Morgan fingerprint density at radius 1 is 1.00 bits per heavy atom. The van der Waals surface area contributed by atoms with Gasteiger partial charge >= 0.3 is 6.03 Å². The first-order valence-corrected chi connectivity index (χ1v) is 10.8. The second kappa shape index (κ2) is 9.14. The molecule has 3 amide bonds. The molecule has 2 fully saturated rings. The third-order valence-corrected chi connectivity index (χ3v) is 5.91. The van der Waals surface area contributed by atoms with Gasteiger partial charge in [0.05, 0.1) is 20.1 Å². The van der Waals surface area contributed by atoms with E-state index in [1.165, 1.54) is 6.42 Å². The molecule has 2 atom stereocenters. The molecule has 0 saturated carbocycles. The first-order chi connectivity index (χ1) is 14.2. The molecule has 7 nitrogen and oxygen atoms in total. The number of likely N-dealkylation sites (tertiary alicyclic amines) is 2. The van der Waals surface area contributed by atoms with Gasteiger partial charge in [0, 0.05) is 43.2 Å². The average Bonchev–Trinajstić information content (AvgIpc) is 3.17. The van der Waals surface area contributed by atoms with Gasteiger partial charge in [0.2, 0.25) is 5.91 Å². The van der Waals surface area contributed by atoms with E-state index in [-0.39, 0.29) is 29.3 Å². The molecule has 3 rings (SSSR count). The van der Waals surface area contributed by atoms with Crippen molar-refractivity contribution in [3.8, 4) is 11.5 Å². The first-order valence-electron chi connectivity index (χ1n) is 10.8. The maximum Gasteiger partial charge on any atom is 0.317 e. The summed E-state index contributed by atoms with van der Waals surface area (Å²) in [6.07, 6.45) is 3.25. The predicted octanol–water partition coefficient (Wildman–Crippen LogP) is 3.24. The van der Waals surface area contributed by atoms with E-state index in [2.05, 4.69) is 5.32 Å².